The molecule has 4 heterocycles. The van der Waals surface area contributed by atoms with Gasteiger partial charge in [-0.15, -0.1) is 0 Å². The van der Waals surface area contributed by atoms with Crippen LogP contribution in [0.2, 0.25) is 78.6 Å². The molecule has 0 unspecified atom stereocenters. The smallest absolute Gasteiger partial charge is 0.120 e. The molecule has 0 bridgehead atoms. The van der Waals surface area contributed by atoms with Crippen molar-refractivity contribution in [3.63, 3.8) is 0 Å². The number of aromatic nitrogens is 4. The summed E-state index contributed by atoms with van der Waals surface area (Å²) in [6.07, 6.45) is 3.59. The van der Waals surface area contributed by atoms with Gasteiger partial charge in [0.2, 0.25) is 0 Å². The first-order valence-corrected chi connectivity index (χ1v) is 32.0. The maximum absolute atomic E-state index is 4.96. The molecule has 4 rings (SSSR count). The topological polar surface area (TPSA) is 104 Å². The van der Waals surface area contributed by atoms with E-state index in [4.69, 9.17) is 29.2 Å². The first-order valence-electron chi connectivity index (χ1n) is 18.2. The molecule has 0 saturated carbocycles. The Bertz CT molecular complexity index is 1610. The Balaban J connectivity index is 0.00000117. The molecule has 0 saturated heterocycles. The number of aliphatic imine (C=N–C) groups is 2. The average molecular weight is 881 g/mol. The van der Waals surface area contributed by atoms with Gasteiger partial charge in [-0.1, -0.05) is 136 Å². The SMILES string of the molecule is C[Si](C)(C)[N-][Si](C)(C)C.C[Si](C)(C)[N-][Si](C)(C)C.Cc1cccc(C=N[C@H](c2cccc(C)n2)[C@@H](N=Cc2cccc(C)n2)c2cccc(C)n2)n1.[Fe].[Fe]. The molecule has 8 nitrogen and oxygen atoms in total. The van der Waals surface area contributed by atoms with E-state index in [1.165, 1.54) is 0 Å². The second kappa shape index (κ2) is 23.1. The minimum Gasteiger partial charge on any atom is -0.668 e. The van der Waals surface area contributed by atoms with Crippen LogP contribution in [-0.4, -0.2) is 65.3 Å². The summed E-state index contributed by atoms with van der Waals surface area (Å²) in [5, 5.41) is 0. The number of hydrogen-bond donors (Lipinski definition) is 0. The molecule has 14 heteroatoms. The standard InChI is InChI=1S/C28H28N6.2C6H18NSi2.2Fe/c1-19-9-5-13-23(31-19)17-29-27(25-15-7-11-21(3)33-25)28(26-16-8-12-22(4)34-26)30-18-24-14-6-10-20(2)32-24;2*1-8(2,3)7-9(4,5)6;;/h5-18,27-28H,1-4H3;2*1-6H3;;/q;2*-1;;/t27-,28+;;;;. The van der Waals surface area contributed by atoms with E-state index in [0.717, 1.165) is 45.6 Å². The summed E-state index contributed by atoms with van der Waals surface area (Å²) in [4.78, 5) is 28.6. The molecular weight excluding hydrogens is 817 g/mol. The minimum atomic E-state index is -1.11. The van der Waals surface area contributed by atoms with Gasteiger partial charge in [-0.05, 0) is 76.2 Å². The summed E-state index contributed by atoms with van der Waals surface area (Å²) in [6, 6.07) is 22.9. The largest absolute Gasteiger partial charge is 0.668 e. The van der Waals surface area contributed by atoms with Crippen molar-refractivity contribution < 1.29 is 34.1 Å². The molecule has 0 aromatic carbocycles. The van der Waals surface area contributed by atoms with Crippen LogP contribution in [0, 0.1) is 27.7 Å². The predicted molar refractivity (Wildman–Crippen MR) is 237 cm³/mol. The van der Waals surface area contributed by atoms with Crippen molar-refractivity contribution in [2.24, 2.45) is 9.98 Å². The van der Waals surface area contributed by atoms with Crippen molar-refractivity contribution >= 4 is 45.4 Å². The van der Waals surface area contributed by atoms with E-state index < -0.39 is 45.0 Å². The predicted octanol–water partition coefficient (Wildman–Crippen LogP) is 11.6. The molecular formula is C40H64Fe2N8Si4-2. The number of aryl methyl sites for hydroxylation is 4. The maximum Gasteiger partial charge on any atom is 0.120 e. The van der Waals surface area contributed by atoms with Crippen LogP contribution >= 0.6 is 0 Å². The third-order valence-electron chi connectivity index (χ3n) is 6.62. The van der Waals surface area contributed by atoms with E-state index in [1.807, 2.05) is 100 Å². The summed E-state index contributed by atoms with van der Waals surface area (Å²) in [6.45, 7) is 35.5. The van der Waals surface area contributed by atoms with Crippen LogP contribution in [0.4, 0.5) is 0 Å². The van der Waals surface area contributed by atoms with Crippen LogP contribution in [0.25, 0.3) is 9.30 Å². The molecule has 0 aliphatic heterocycles. The molecule has 4 aromatic rings. The molecule has 0 N–H and O–H groups in total. The van der Waals surface area contributed by atoms with Gasteiger partial charge in [-0.25, -0.2) is 0 Å². The zero-order valence-corrected chi connectivity index (χ0v) is 41.7. The van der Waals surface area contributed by atoms with Crippen LogP contribution in [0.1, 0.15) is 57.6 Å². The van der Waals surface area contributed by atoms with Crippen molar-refractivity contribution in [2.75, 3.05) is 0 Å². The average Bonchev–Trinajstić information content (AvgIpc) is 2.96. The summed E-state index contributed by atoms with van der Waals surface area (Å²) >= 11 is 0. The van der Waals surface area contributed by atoms with Gasteiger partial charge in [0.1, 0.15) is 12.1 Å². The van der Waals surface area contributed by atoms with E-state index in [-0.39, 0.29) is 34.1 Å². The zero-order chi connectivity index (χ0) is 39.3. The quantitative estimate of drug-likeness (QED) is 0.110. The second-order valence-electron chi connectivity index (χ2n) is 17.2. The Labute approximate surface area is 353 Å². The van der Waals surface area contributed by atoms with Gasteiger partial charge in [-0.3, -0.25) is 29.9 Å². The summed E-state index contributed by atoms with van der Waals surface area (Å²) in [5.41, 5.74) is 6.96. The Morgan fingerprint density at radius 2 is 0.685 bits per heavy atom. The van der Waals surface area contributed by atoms with Crippen LogP contribution in [-0.2, 0) is 34.1 Å². The molecule has 54 heavy (non-hydrogen) atoms. The Morgan fingerprint density at radius 3 is 0.907 bits per heavy atom. The molecule has 0 amide bonds. The van der Waals surface area contributed by atoms with Crippen molar-refractivity contribution in [1.82, 2.24) is 19.9 Å². The molecule has 0 radical (unpaired) electrons. The van der Waals surface area contributed by atoms with E-state index in [2.05, 4.69) is 88.5 Å². The van der Waals surface area contributed by atoms with Gasteiger partial charge in [-0.2, -0.15) is 0 Å². The maximum atomic E-state index is 4.96. The Morgan fingerprint density at radius 1 is 0.426 bits per heavy atom. The van der Waals surface area contributed by atoms with Gasteiger partial charge < -0.3 is 9.30 Å². The molecule has 0 spiro atoms. The molecule has 0 aliphatic carbocycles. The van der Waals surface area contributed by atoms with E-state index in [9.17, 15) is 0 Å². The molecule has 4 aromatic heterocycles. The minimum absolute atomic E-state index is 0. The van der Waals surface area contributed by atoms with Gasteiger partial charge >= 0.3 is 0 Å². The second-order valence-corrected chi connectivity index (χ2v) is 36.3. The van der Waals surface area contributed by atoms with Gasteiger partial charge in [0.25, 0.3) is 0 Å². The monoisotopic (exact) mass is 880 g/mol. The Kier molecular flexibility index (Phi) is 22.2. The fraction of sp³-hybridized carbons (Fsp3) is 0.450. The summed E-state index contributed by atoms with van der Waals surface area (Å²) < 4.78 is 9.64. The third kappa shape index (κ3) is 23.0. The number of pyridine rings is 4. The van der Waals surface area contributed by atoms with Crippen LogP contribution in [0.3, 0.4) is 0 Å². The fourth-order valence-corrected chi connectivity index (χ4v) is 21.8. The third-order valence-corrected chi connectivity index (χ3v) is 17.4. The number of rotatable bonds is 11. The molecule has 2 atom stereocenters. The van der Waals surface area contributed by atoms with Crippen LogP contribution in [0.5, 0.6) is 0 Å². The number of nitrogens with zero attached hydrogens (tertiary/aromatic N) is 8. The van der Waals surface area contributed by atoms with Crippen molar-refractivity contribution in [3.8, 4) is 0 Å². The van der Waals surface area contributed by atoms with Gasteiger partial charge in [0.05, 0.1) is 22.8 Å². The number of hydrogen-bond acceptors (Lipinski definition) is 6. The first kappa shape index (κ1) is 51.8. The zero-order valence-electron chi connectivity index (χ0n) is 35.5. The van der Waals surface area contributed by atoms with E-state index in [1.54, 1.807) is 12.4 Å². The van der Waals surface area contributed by atoms with Crippen LogP contribution in [0.15, 0.2) is 82.8 Å². The normalized spacial score (nSPS) is 13.1. The summed E-state index contributed by atoms with van der Waals surface area (Å²) in [7, 11) is -4.42. The molecule has 0 fully saturated rings. The van der Waals surface area contributed by atoms with E-state index >= 15 is 0 Å². The Hall–Kier alpha value is -2.23. The molecule has 0 aliphatic rings. The molecule has 298 valence electrons. The first-order chi connectivity index (χ1) is 23.9. The van der Waals surface area contributed by atoms with Gasteiger partial charge in [0, 0.05) is 69.3 Å². The van der Waals surface area contributed by atoms with E-state index in [0.29, 0.717) is 0 Å². The van der Waals surface area contributed by atoms with Crippen molar-refractivity contribution in [3.05, 3.63) is 128 Å². The fourth-order valence-electron chi connectivity index (χ4n) is 5.69. The van der Waals surface area contributed by atoms with Gasteiger partial charge in [0.15, 0.2) is 0 Å². The van der Waals surface area contributed by atoms with Crippen LogP contribution < -0.4 is 0 Å². The van der Waals surface area contributed by atoms with Crippen molar-refractivity contribution in [1.29, 1.82) is 0 Å². The van der Waals surface area contributed by atoms with Crippen molar-refractivity contribution in [2.45, 2.75) is 118 Å². The summed E-state index contributed by atoms with van der Waals surface area (Å²) in [5.74, 6) is 0.